The van der Waals surface area contributed by atoms with E-state index in [0.29, 0.717) is 4.88 Å². The number of alkyl halides is 3. The zero-order valence-corrected chi connectivity index (χ0v) is 10.3. The third kappa shape index (κ3) is 3.05. The molecule has 0 atom stereocenters. The molecule has 3 nitrogen and oxygen atoms in total. The van der Waals surface area contributed by atoms with Crippen LogP contribution in [0, 0.1) is 0 Å². The molecule has 100 valence electrons. The van der Waals surface area contributed by atoms with Crippen LogP contribution in [0.4, 0.5) is 24.5 Å². The smallest absolute Gasteiger partial charge is 0.399 e. The third-order valence-corrected chi connectivity index (χ3v) is 3.21. The van der Waals surface area contributed by atoms with Gasteiger partial charge in [-0.2, -0.15) is 13.2 Å². The number of carbonyl (C=O) groups excluding carboxylic acids is 1. The minimum Gasteiger partial charge on any atom is -0.399 e. The summed E-state index contributed by atoms with van der Waals surface area (Å²) in [6.45, 7) is 0. The van der Waals surface area contributed by atoms with Gasteiger partial charge in [-0.3, -0.25) is 4.79 Å². The summed E-state index contributed by atoms with van der Waals surface area (Å²) >= 11 is 1.15. The average molecular weight is 286 g/mol. The maximum absolute atomic E-state index is 12.8. The highest BCUT2D eigenvalue weighted by Gasteiger charge is 2.34. The Kier molecular flexibility index (Phi) is 3.48. The van der Waals surface area contributed by atoms with Crippen LogP contribution in [-0.2, 0) is 6.18 Å². The molecule has 0 aliphatic heterocycles. The van der Waals surface area contributed by atoms with Gasteiger partial charge in [0, 0.05) is 5.69 Å². The summed E-state index contributed by atoms with van der Waals surface area (Å²) in [6.07, 6.45) is -4.58. The Labute approximate surface area is 110 Å². The van der Waals surface area contributed by atoms with Crippen molar-refractivity contribution in [2.75, 3.05) is 11.1 Å². The zero-order valence-electron chi connectivity index (χ0n) is 9.49. The van der Waals surface area contributed by atoms with Crippen molar-refractivity contribution in [2.24, 2.45) is 0 Å². The number of hydrogen-bond donors (Lipinski definition) is 2. The SMILES string of the molecule is Nc1ccc(NC(=O)c2cccs2)c(C(F)(F)F)c1. The molecule has 0 aliphatic rings. The molecule has 0 aliphatic carbocycles. The van der Waals surface area contributed by atoms with Crippen molar-refractivity contribution in [3.05, 3.63) is 46.2 Å². The Bertz CT molecular complexity index is 594. The van der Waals surface area contributed by atoms with Crippen LogP contribution in [0.15, 0.2) is 35.7 Å². The van der Waals surface area contributed by atoms with Crippen molar-refractivity contribution < 1.29 is 18.0 Å². The third-order valence-electron chi connectivity index (χ3n) is 2.34. The number of nitrogens with two attached hydrogens (primary N) is 1. The van der Waals surface area contributed by atoms with Gasteiger partial charge in [-0.25, -0.2) is 0 Å². The van der Waals surface area contributed by atoms with E-state index in [-0.39, 0.29) is 11.4 Å². The quantitative estimate of drug-likeness (QED) is 0.829. The summed E-state index contributed by atoms with van der Waals surface area (Å²) in [5.74, 6) is -0.578. The lowest BCUT2D eigenvalue weighted by molar-refractivity contribution is -0.136. The summed E-state index contributed by atoms with van der Waals surface area (Å²) in [7, 11) is 0. The van der Waals surface area contributed by atoms with Crippen molar-refractivity contribution in [3.8, 4) is 0 Å². The summed E-state index contributed by atoms with van der Waals surface area (Å²) in [5.41, 5.74) is 4.06. The molecule has 1 amide bonds. The molecule has 0 spiro atoms. The second-order valence-electron chi connectivity index (χ2n) is 3.73. The van der Waals surface area contributed by atoms with E-state index in [0.717, 1.165) is 23.5 Å². The van der Waals surface area contributed by atoms with Crippen molar-refractivity contribution in [3.63, 3.8) is 0 Å². The molecule has 1 heterocycles. The first-order valence-corrected chi connectivity index (χ1v) is 6.07. The van der Waals surface area contributed by atoms with Crippen LogP contribution in [0.3, 0.4) is 0 Å². The Hall–Kier alpha value is -2.02. The van der Waals surface area contributed by atoms with E-state index in [1.165, 1.54) is 12.1 Å². The molecule has 0 unspecified atom stereocenters. The topological polar surface area (TPSA) is 55.1 Å². The van der Waals surface area contributed by atoms with E-state index in [1.54, 1.807) is 11.4 Å². The van der Waals surface area contributed by atoms with E-state index in [2.05, 4.69) is 5.32 Å². The standard InChI is InChI=1S/C12H9F3N2OS/c13-12(14,15)8-6-7(16)3-4-9(8)17-11(18)10-2-1-5-19-10/h1-6H,16H2,(H,17,18). The van der Waals surface area contributed by atoms with Crippen LogP contribution in [0.25, 0.3) is 0 Å². The largest absolute Gasteiger partial charge is 0.418 e. The van der Waals surface area contributed by atoms with E-state index >= 15 is 0 Å². The lowest BCUT2D eigenvalue weighted by Crippen LogP contribution is -2.16. The number of hydrogen-bond acceptors (Lipinski definition) is 3. The van der Waals surface area contributed by atoms with Crippen molar-refractivity contribution in [2.45, 2.75) is 6.18 Å². The summed E-state index contributed by atoms with van der Waals surface area (Å²) < 4.78 is 38.5. The first-order valence-electron chi connectivity index (χ1n) is 5.19. The molecule has 19 heavy (non-hydrogen) atoms. The molecule has 0 radical (unpaired) electrons. The van der Waals surface area contributed by atoms with Crippen LogP contribution in [0.2, 0.25) is 0 Å². The van der Waals surface area contributed by atoms with E-state index in [4.69, 9.17) is 5.73 Å². The lowest BCUT2D eigenvalue weighted by Gasteiger charge is -2.14. The lowest BCUT2D eigenvalue weighted by atomic mass is 10.1. The molecular formula is C12H9F3N2OS. The number of carbonyl (C=O) groups is 1. The maximum Gasteiger partial charge on any atom is 0.418 e. The van der Waals surface area contributed by atoms with Gasteiger partial charge in [-0.05, 0) is 29.6 Å². The molecular weight excluding hydrogens is 277 g/mol. The van der Waals surface area contributed by atoms with Crippen molar-refractivity contribution >= 4 is 28.6 Å². The van der Waals surface area contributed by atoms with E-state index in [9.17, 15) is 18.0 Å². The summed E-state index contributed by atoms with van der Waals surface area (Å²) in [4.78, 5) is 12.1. The fourth-order valence-corrected chi connectivity index (χ4v) is 2.12. The first kappa shape index (κ1) is 13.4. The van der Waals surface area contributed by atoms with Gasteiger partial charge in [0.25, 0.3) is 5.91 Å². The van der Waals surface area contributed by atoms with Gasteiger partial charge in [-0.15, -0.1) is 11.3 Å². The normalized spacial score (nSPS) is 11.3. The molecule has 1 aromatic heterocycles. The van der Waals surface area contributed by atoms with Crippen LogP contribution < -0.4 is 11.1 Å². The molecule has 0 fully saturated rings. The molecule has 0 saturated heterocycles. The fraction of sp³-hybridized carbons (Fsp3) is 0.0833. The number of benzene rings is 1. The minimum absolute atomic E-state index is 0.0125. The molecule has 7 heteroatoms. The van der Waals surface area contributed by atoms with Gasteiger partial charge in [0.1, 0.15) is 0 Å². The molecule has 0 saturated carbocycles. The van der Waals surface area contributed by atoms with Gasteiger partial charge in [-0.1, -0.05) is 6.07 Å². The van der Waals surface area contributed by atoms with Crippen LogP contribution in [0.1, 0.15) is 15.2 Å². The van der Waals surface area contributed by atoms with Crippen molar-refractivity contribution in [1.29, 1.82) is 0 Å². The van der Waals surface area contributed by atoms with Crippen LogP contribution in [0.5, 0.6) is 0 Å². The molecule has 2 rings (SSSR count). The monoisotopic (exact) mass is 286 g/mol. The average Bonchev–Trinajstić information content (AvgIpc) is 2.83. The minimum atomic E-state index is -4.58. The summed E-state index contributed by atoms with van der Waals surface area (Å²) in [6, 6.07) is 6.42. The van der Waals surface area contributed by atoms with Crippen LogP contribution >= 0.6 is 11.3 Å². The fourth-order valence-electron chi connectivity index (χ4n) is 1.50. The van der Waals surface area contributed by atoms with Gasteiger partial charge in [0.05, 0.1) is 16.1 Å². The highest BCUT2D eigenvalue weighted by molar-refractivity contribution is 7.12. The molecule has 0 bridgehead atoms. The molecule has 3 N–H and O–H groups in total. The zero-order chi connectivity index (χ0) is 14.0. The Morgan fingerprint density at radius 3 is 2.58 bits per heavy atom. The second kappa shape index (κ2) is 4.93. The number of amides is 1. The molecule has 2 aromatic rings. The maximum atomic E-state index is 12.8. The number of thiophene rings is 1. The summed E-state index contributed by atoms with van der Waals surface area (Å²) in [5, 5.41) is 3.91. The van der Waals surface area contributed by atoms with E-state index in [1.807, 2.05) is 0 Å². The highest BCUT2D eigenvalue weighted by Crippen LogP contribution is 2.36. The van der Waals surface area contributed by atoms with Gasteiger partial charge < -0.3 is 11.1 Å². The molecule has 1 aromatic carbocycles. The Morgan fingerprint density at radius 1 is 1.26 bits per heavy atom. The number of nitrogen functional groups attached to an aromatic ring is 1. The predicted octanol–water partition coefficient (Wildman–Crippen LogP) is 3.60. The Morgan fingerprint density at radius 2 is 2.00 bits per heavy atom. The van der Waals surface area contributed by atoms with Gasteiger partial charge in [0.15, 0.2) is 0 Å². The van der Waals surface area contributed by atoms with Gasteiger partial charge in [0.2, 0.25) is 0 Å². The van der Waals surface area contributed by atoms with Gasteiger partial charge >= 0.3 is 6.18 Å². The second-order valence-corrected chi connectivity index (χ2v) is 4.68. The van der Waals surface area contributed by atoms with Crippen LogP contribution in [-0.4, -0.2) is 5.91 Å². The highest BCUT2D eigenvalue weighted by atomic mass is 32.1. The predicted molar refractivity (Wildman–Crippen MR) is 68.1 cm³/mol. The Balaban J connectivity index is 2.33. The number of anilines is 2. The first-order chi connectivity index (χ1) is 8.88. The van der Waals surface area contributed by atoms with Crippen molar-refractivity contribution in [1.82, 2.24) is 0 Å². The van der Waals surface area contributed by atoms with E-state index < -0.39 is 17.6 Å². The number of rotatable bonds is 2. The number of nitrogens with one attached hydrogen (secondary N) is 1. The number of halogens is 3.